The van der Waals surface area contributed by atoms with E-state index in [-0.39, 0.29) is 32.1 Å². The van der Waals surface area contributed by atoms with Gasteiger partial charge in [0.1, 0.15) is 25.3 Å². The van der Waals surface area contributed by atoms with Crippen LogP contribution in [0.1, 0.15) is 75.8 Å². The highest BCUT2D eigenvalue weighted by Crippen LogP contribution is 2.43. The molecule has 0 heterocycles. The molecular formula is C35H47N3O6. The second kappa shape index (κ2) is 17.5. The van der Waals surface area contributed by atoms with Crippen molar-refractivity contribution in [3.8, 4) is 0 Å². The summed E-state index contributed by atoms with van der Waals surface area (Å²) in [5.41, 5.74) is 1.66. The number of likely N-dealkylation sites (N-methyl/N-ethyl adjacent to an activating group) is 1. The van der Waals surface area contributed by atoms with Gasteiger partial charge in [-0.3, -0.25) is 14.4 Å². The van der Waals surface area contributed by atoms with E-state index in [9.17, 15) is 19.2 Å². The Morgan fingerprint density at radius 2 is 1.41 bits per heavy atom. The van der Waals surface area contributed by atoms with Gasteiger partial charge in [0, 0.05) is 0 Å². The Morgan fingerprint density at radius 3 is 2.07 bits per heavy atom. The van der Waals surface area contributed by atoms with Gasteiger partial charge in [0.25, 0.3) is 0 Å². The van der Waals surface area contributed by atoms with E-state index in [0.717, 1.165) is 36.3 Å². The van der Waals surface area contributed by atoms with Crippen molar-refractivity contribution in [1.29, 1.82) is 0 Å². The van der Waals surface area contributed by atoms with Crippen LogP contribution in [0.25, 0.3) is 0 Å². The monoisotopic (exact) mass is 605 g/mol. The average Bonchev–Trinajstić information content (AvgIpc) is 3.05. The molecule has 9 nitrogen and oxygen atoms in total. The summed E-state index contributed by atoms with van der Waals surface area (Å²) in [7, 11) is 0. The average molecular weight is 606 g/mol. The highest BCUT2D eigenvalue weighted by molar-refractivity contribution is 5.93. The van der Waals surface area contributed by atoms with E-state index in [4.69, 9.17) is 9.47 Å². The van der Waals surface area contributed by atoms with E-state index >= 15 is 0 Å². The maximum absolute atomic E-state index is 13.7. The molecule has 2 aromatic rings. The molecular weight excluding hydrogens is 558 g/mol. The topological polar surface area (TPSA) is 123 Å². The molecule has 238 valence electrons. The first kappa shape index (κ1) is 33.2. The number of rotatable bonds is 15. The van der Waals surface area contributed by atoms with Crippen molar-refractivity contribution in [3.05, 3.63) is 71.8 Å². The van der Waals surface area contributed by atoms with Crippen molar-refractivity contribution in [2.24, 2.45) is 17.8 Å². The van der Waals surface area contributed by atoms with E-state index in [2.05, 4.69) is 16.0 Å². The molecule has 0 spiro atoms. The molecule has 0 aliphatic heterocycles. The Balaban J connectivity index is 1.43. The van der Waals surface area contributed by atoms with Crippen LogP contribution in [0, 0.1) is 17.8 Å². The molecule has 2 aromatic carbocycles. The first-order chi connectivity index (χ1) is 21.4. The fourth-order valence-electron chi connectivity index (χ4n) is 6.49. The van der Waals surface area contributed by atoms with E-state index in [1.807, 2.05) is 67.6 Å². The van der Waals surface area contributed by atoms with Crippen molar-refractivity contribution in [1.82, 2.24) is 16.0 Å². The minimum Gasteiger partial charge on any atom is -0.461 e. The number of amides is 2. The van der Waals surface area contributed by atoms with Crippen LogP contribution < -0.4 is 16.0 Å². The summed E-state index contributed by atoms with van der Waals surface area (Å²) in [5, 5.41) is 8.44. The Kier molecular flexibility index (Phi) is 13.2. The molecule has 2 aliphatic carbocycles. The normalized spacial score (nSPS) is 20.8. The fraction of sp³-hybridized carbons (Fsp3) is 0.543. The third kappa shape index (κ3) is 10.8. The lowest BCUT2D eigenvalue weighted by molar-refractivity contribution is -0.150. The van der Waals surface area contributed by atoms with Gasteiger partial charge in [0.15, 0.2) is 0 Å². The molecule has 9 heteroatoms. The van der Waals surface area contributed by atoms with Crippen LogP contribution in [0.15, 0.2) is 60.7 Å². The first-order valence-electron chi connectivity index (χ1n) is 16.1. The number of carbonyl (C=O) groups excluding carboxylic acids is 4. The standard InChI is InChI=1S/C35H47N3O6/c1-2-36-22-32(39)37-30(21-33(40)43-23-25-11-5-3-6-12-25)34(41)38-31(35(42)44-24-26-13-7-4-8-14-26)20-27-17-18-28-15-9-10-16-29(28)19-27/h3-8,11-14,27-31,36H,2,9-10,15-24H2,1H3,(H,37,39)(H,38,41)/t27?,28?,29?,30-,31-/m0/s1. The number of ether oxygens (including phenoxy) is 2. The van der Waals surface area contributed by atoms with Crippen LogP contribution in [0.5, 0.6) is 0 Å². The Morgan fingerprint density at radius 1 is 0.773 bits per heavy atom. The minimum atomic E-state index is -1.21. The molecule has 0 saturated heterocycles. The van der Waals surface area contributed by atoms with Crippen molar-refractivity contribution in [2.75, 3.05) is 13.1 Å². The predicted molar refractivity (Wildman–Crippen MR) is 167 cm³/mol. The third-order valence-electron chi connectivity index (χ3n) is 8.84. The van der Waals surface area contributed by atoms with Crippen LogP contribution in [-0.2, 0) is 41.9 Å². The Labute approximate surface area is 260 Å². The number of nitrogens with one attached hydrogen (secondary N) is 3. The molecule has 3 unspecified atom stereocenters. The van der Waals surface area contributed by atoms with E-state index in [0.29, 0.717) is 18.9 Å². The maximum Gasteiger partial charge on any atom is 0.328 e. The van der Waals surface area contributed by atoms with Crippen LogP contribution in [0.2, 0.25) is 0 Å². The van der Waals surface area contributed by atoms with Crippen molar-refractivity contribution in [2.45, 2.75) is 90.0 Å². The minimum absolute atomic E-state index is 0.00742. The summed E-state index contributed by atoms with van der Waals surface area (Å²) < 4.78 is 11.1. The Bertz CT molecular complexity index is 1210. The van der Waals surface area contributed by atoms with Crippen LogP contribution in [0.3, 0.4) is 0 Å². The molecule has 2 saturated carbocycles. The van der Waals surface area contributed by atoms with E-state index in [1.54, 1.807) is 0 Å². The number of hydrogen-bond donors (Lipinski definition) is 3. The van der Waals surface area contributed by atoms with Gasteiger partial charge < -0.3 is 25.4 Å². The number of esters is 2. The lowest BCUT2D eigenvalue weighted by Gasteiger charge is -2.40. The molecule has 0 radical (unpaired) electrons. The fourth-order valence-corrected chi connectivity index (χ4v) is 6.49. The molecule has 2 fully saturated rings. The van der Waals surface area contributed by atoms with Gasteiger partial charge in [-0.15, -0.1) is 0 Å². The van der Waals surface area contributed by atoms with Crippen molar-refractivity contribution >= 4 is 23.8 Å². The zero-order valence-corrected chi connectivity index (χ0v) is 25.8. The summed E-state index contributed by atoms with van der Waals surface area (Å²) in [4.78, 5) is 52.5. The smallest absolute Gasteiger partial charge is 0.328 e. The van der Waals surface area contributed by atoms with Gasteiger partial charge in [-0.25, -0.2) is 4.79 Å². The van der Waals surface area contributed by atoms with E-state index < -0.39 is 35.8 Å². The molecule has 5 atom stereocenters. The van der Waals surface area contributed by atoms with Gasteiger partial charge in [-0.05, 0) is 54.7 Å². The zero-order chi connectivity index (χ0) is 31.1. The van der Waals surface area contributed by atoms with Gasteiger partial charge >= 0.3 is 11.9 Å². The van der Waals surface area contributed by atoms with Crippen molar-refractivity contribution < 1.29 is 28.7 Å². The number of benzene rings is 2. The van der Waals surface area contributed by atoms with Crippen molar-refractivity contribution in [3.63, 3.8) is 0 Å². The highest BCUT2D eigenvalue weighted by atomic mass is 16.5. The first-order valence-corrected chi connectivity index (χ1v) is 16.1. The largest absolute Gasteiger partial charge is 0.461 e. The molecule has 0 aromatic heterocycles. The Hall–Kier alpha value is -3.72. The summed E-state index contributed by atoms with van der Waals surface area (Å²) in [6.07, 6.45) is 8.34. The predicted octanol–water partition coefficient (Wildman–Crippen LogP) is 4.44. The third-order valence-corrected chi connectivity index (χ3v) is 8.84. The number of fused-ring (bicyclic) bond motifs is 1. The molecule has 0 bridgehead atoms. The molecule has 3 N–H and O–H groups in total. The van der Waals surface area contributed by atoms with Gasteiger partial charge in [0.05, 0.1) is 13.0 Å². The quantitative estimate of drug-likeness (QED) is 0.257. The van der Waals surface area contributed by atoms with Crippen LogP contribution >= 0.6 is 0 Å². The maximum atomic E-state index is 13.7. The van der Waals surface area contributed by atoms with Crippen LogP contribution in [-0.4, -0.2) is 48.9 Å². The van der Waals surface area contributed by atoms with Gasteiger partial charge in [-0.2, -0.15) is 0 Å². The summed E-state index contributed by atoms with van der Waals surface area (Å²) in [6, 6.07) is 16.5. The zero-order valence-electron chi connectivity index (χ0n) is 25.8. The van der Waals surface area contributed by atoms with Gasteiger partial charge in [-0.1, -0.05) is 99.7 Å². The second-order valence-corrected chi connectivity index (χ2v) is 12.1. The lowest BCUT2D eigenvalue weighted by atomic mass is 9.66. The number of carbonyl (C=O) groups is 4. The molecule has 2 aliphatic rings. The molecule has 44 heavy (non-hydrogen) atoms. The molecule has 2 amide bonds. The summed E-state index contributed by atoms with van der Waals surface area (Å²) in [6.45, 7) is 2.58. The second-order valence-electron chi connectivity index (χ2n) is 12.1. The molecule has 4 rings (SSSR count). The number of hydrogen-bond acceptors (Lipinski definition) is 7. The summed E-state index contributed by atoms with van der Waals surface area (Å²) in [5.74, 6) is -0.482. The van der Waals surface area contributed by atoms with Gasteiger partial charge in [0.2, 0.25) is 11.8 Å². The highest BCUT2D eigenvalue weighted by Gasteiger charge is 2.36. The van der Waals surface area contributed by atoms with Crippen LogP contribution in [0.4, 0.5) is 0 Å². The van der Waals surface area contributed by atoms with E-state index in [1.165, 1.54) is 25.7 Å². The lowest BCUT2D eigenvalue weighted by Crippen LogP contribution is -2.54. The summed E-state index contributed by atoms with van der Waals surface area (Å²) >= 11 is 0. The SMILES string of the molecule is CCNCC(=O)N[C@@H](CC(=O)OCc1ccccc1)C(=O)N[C@@H](CC1CCC2CCCCC2C1)C(=O)OCc1ccccc1.